The van der Waals surface area contributed by atoms with E-state index >= 15 is 0 Å². The fourth-order valence-electron chi connectivity index (χ4n) is 7.88. The van der Waals surface area contributed by atoms with Crippen LogP contribution in [0.25, 0.3) is 0 Å². The third-order valence-electron chi connectivity index (χ3n) is 8.09. The molecule has 0 radical (unpaired) electrons. The van der Waals surface area contributed by atoms with E-state index in [1.165, 1.54) is 44.6 Å². The van der Waals surface area contributed by atoms with Gasteiger partial charge in [-0.2, -0.15) is 0 Å². The molecule has 1 N–H and O–H groups in total. The first kappa shape index (κ1) is 24.4. The first-order valence-corrected chi connectivity index (χ1v) is 13.5. The predicted octanol–water partition coefficient (Wildman–Crippen LogP) is 8.06. The van der Waals surface area contributed by atoms with E-state index in [9.17, 15) is 4.39 Å². The minimum Gasteiger partial charge on any atom is -0.490 e. The minimum atomic E-state index is -0.375. The zero-order valence-electron chi connectivity index (χ0n) is 20.3. The molecule has 4 fully saturated rings. The molecular formula is C28H34BrClFNO2. The van der Waals surface area contributed by atoms with Gasteiger partial charge in [0.15, 0.2) is 11.5 Å². The van der Waals surface area contributed by atoms with Gasteiger partial charge in [-0.05, 0) is 108 Å². The van der Waals surface area contributed by atoms with Crippen LogP contribution in [0.1, 0.15) is 70.4 Å². The molecule has 2 aromatic rings. The number of hydrogen-bond donors (Lipinski definition) is 1. The summed E-state index contributed by atoms with van der Waals surface area (Å²) < 4.78 is 26.9. The molecule has 4 aliphatic carbocycles. The Hall–Kier alpha value is -1.30. The summed E-state index contributed by atoms with van der Waals surface area (Å²) in [5, 5.41) is 4.35. The van der Waals surface area contributed by atoms with Crippen LogP contribution >= 0.6 is 27.5 Å². The molecule has 184 valence electrons. The molecule has 2 atom stereocenters. The molecule has 0 spiro atoms. The van der Waals surface area contributed by atoms with E-state index in [1.807, 2.05) is 13.0 Å². The monoisotopic (exact) mass is 549 g/mol. The van der Waals surface area contributed by atoms with Crippen LogP contribution in [0.4, 0.5) is 4.39 Å². The second kappa shape index (κ2) is 8.97. The highest BCUT2D eigenvalue weighted by molar-refractivity contribution is 9.10. The Morgan fingerprint density at radius 1 is 1.09 bits per heavy atom. The van der Waals surface area contributed by atoms with Gasteiger partial charge in [-0.1, -0.05) is 31.5 Å². The van der Waals surface area contributed by atoms with Gasteiger partial charge in [0.1, 0.15) is 12.4 Å². The Bertz CT molecular complexity index is 1050. The van der Waals surface area contributed by atoms with Gasteiger partial charge in [-0.25, -0.2) is 4.39 Å². The van der Waals surface area contributed by atoms with Crippen molar-refractivity contribution in [1.82, 2.24) is 5.32 Å². The summed E-state index contributed by atoms with van der Waals surface area (Å²) in [7, 11) is 0. The number of nitrogens with one attached hydrogen (secondary N) is 1. The third-order valence-corrected chi connectivity index (χ3v) is 9.03. The Morgan fingerprint density at radius 3 is 2.47 bits per heavy atom. The van der Waals surface area contributed by atoms with Crippen LogP contribution < -0.4 is 14.8 Å². The van der Waals surface area contributed by atoms with Crippen molar-refractivity contribution in [1.29, 1.82) is 0 Å². The predicted molar refractivity (Wildman–Crippen MR) is 138 cm³/mol. The van der Waals surface area contributed by atoms with Crippen molar-refractivity contribution in [2.75, 3.05) is 6.61 Å². The normalized spacial score (nSPS) is 31.6. The van der Waals surface area contributed by atoms with Crippen LogP contribution in [0, 0.1) is 22.6 Å². The molecule has 0 heterocycles. The number of hydrogen-bond acceptors (Lipinski definition) is 3. The molecule has 3 nitrogen and oxygen atoms in total. The lowest BCUT2D eigenvalue weighted by Crippen LogP contribution is -2.63. The van der Waals surface area contributed by atoms with Crippen molar-refractivity contribution >= 4 is 27.5 Å². The Kier molecular flexibility index (Phi) is 6.44. The van der Waals surface area contributed by atoms with E-state index in [0.717, 1.165) is 22.5 Å². The summed E-state index contributed by atoms with van der Waals surface area (Å²) in [6.45, 7) is 8.30. The van der Waals surface area contributed by atoms with Crippen LogP contribution in [0.15, 0.2) is 34.8 Å². The molecule has 2 unspecified atom stereocenters. The van der Waals surface area contributed by atoms with Crippen molar-refractivity contribution in [3.05, 3.63) is 56.8 Å². The Balaban J connectivity index is 1.33. The van der Waals surface area contributed by atoms with E-state index in [4.69, 9.17) is 21.1 Å². The second-order valence-corrected chi connectivity index (χ2v) is 12.9. The maximum atomic E-state index is 14.2. The first-order chi connectivity index (χ1) is 16.1. The fraction of sp³-hybridized carbons (Fsp3) is 0.571. The molecule has 34 heavy (non-hydrogen) atoms. The molecule has 4 bridgehead atoms. The zero-order chi connectivity index (χ0) is 24.1. The highest BCUT2D eigenvalue weighted by Gasteiger charge is 2.59. The molecule has 6 rings (SSSR count). The lowest BCUT2D eigenvalue weighted by Gasteiger charge is -2.65. The highest BCUT2D eigenvalue weighted by Crippen LogP contribution is 2.66. The zero-order valence-corrected chi connectivity index (χ0v) is 22.6. The van der Waals surface area contributed by atoms with Gasteiger partial charge in [-0.3, -0.25) is 0 Å². The van der Waals surface area contributed by atoms with Crippen LogP contribution in [-0.4, -0.2) is 12.1 Å². The standard InChI is InChI=1S/C28H34BrClFNO2/c1-4-33-24-9-18(8-21(29)25(24)34-14-20-22(30)6-5-7-23(20)31)13-32-28-12-19-10-26(2,16-28)15-27(3,11-19)17-28/h5-9,19,32H,4,10-17H2,1-3H3. The van der Waals surface area contributed by atoms with E-state index in [2.05, 4.69) is 41.2 Å². The average molecular weight is 551 g/mol. The molecular weight excluding hydrogens is 517 g/mol. The van der Waals surface area contributed by atoms with Crippen LogP contribution in [0.5, 0.6) is 11.5 Å². The molecule has 4 saturated carbocycles. The molecule has 4 aliphatic rings. The van der Waals surface area contributed by atoms with Gasteiger partial charge in [0, 0.05) is 17.6 Å². The Labute approximate surface area is 215 Å². The summed E-state index contributed by atoms with van der Waals surface area (Å²) in [5.41, 5.74) is 2.68. The third kappa shape index (κ3) is 4.73. The van der Waals surface area contributed by atoms with Crippen molar-refractivity contribution in [2.45, 2.75) is 78.0 Å². The molecule has 0 aliphatic heterocycles. The number of benzene rings is 2. The van der Waals surface area contributed by atoms with Gasteiger partial charge in [0.2, 0.25) is 0 Å². The number of rotatable bonds is 8. The second-order valence-electron chi connectivity index (χ2n) is 11.6. The first-order valence-electron chi connectivity index (χ1n) is 12.4. The van der Waals surface area contributed by atoms with Crippen LogP contribution in [0.3, 0.4) is 0 Å². The maximum absolute atomic E-state index is 14.2. The number of halogens is 3. The topological polar surface area (TPSA) is 30.5 Å². The summed E-state index contributed by atoms with van der Waals surface area (Å²) >= 11 is 9.85. The van der Waals surface area contributed by atoms with Crippen molar-refractivity contribution in [3.63, 3.8) is 0 Å². The summed E-state index contributed by atoms with van der Waals surface area (Å²) in [4.78, 5) is 0. The fourth-order valence-corrected chi connectivity index (χ4v) is 8.70. The minimum absolute atomic E-state index is 0.0312. The highest BCUT2D eigenvalue weighted by atomic mass is 79.9. The van der Waals surface area contributed by atoms with E-state index in [0.29, 0.717) is 39.5 Å². The lowest BCUT2D eigenvalue weighted by atomic mass is 9.43. The molecule has 0 aromatic heterocycles. The van der Waals surface area contributed by atoms with Gasteiger partial charge >= 0.3 is 0 Å². The van der Waals surface area contributed by atoms with E-state index < -0.39 is 0 Å². The van der Waals surface area contributed by atoms with Crippen LogP contribution in [0.2, 0.25) is 5.02 Å². The quantitative estimate of drug-likeness (QED) is 0.361. The van der Waals surface area contributed by atoms with Crippen LogP contribution in [-0.2, 0) is 13.2 Å². The van der Waals surface area contributed by atoms with Crippen molar-refractivity contribution < 1.29 is 13.9 Å². The maximum Gasteiger partial charge on any atom is 0.175 e. The average Bonchev–Trinajstić information content (AvgIpc) is 2.71. The summed E-state index contributed by atoms with van der Waals surface area (Å²) in [5.74, 6) is 1.70. The van der Waals surface area contributed by atoms with E-state index in [-0.39, 0.29) is 18.0 Å². The van der Waals surface area contributed by atoms with Gasteiger partial charge in [0.05, 0.1) is 16.1 Å². The van der Waals surface area contributed by atoms with Crippen molar-refractivity contribution in [2.24, 2.45) is 16.7 Å². The molecule has 2 aromatic carbocycles. The summed E-state index contributed by atoms with van der Waals surface area (Å²) in [6.07, 6.45) is 8.00. The van der Waals surface area contributed by atoms with Gasteiger partial charge in [0.25, 0.3) is 0 Å². The molecule has 0 amide bonds. The smallest absolute Gasteiger partial charge is 0.175 e. The van der Waals surface area contributed by atoms with E-state index in [1.54, 1.807) is 12.1 Å². The van der Waals surface area contributed by atoms with Crippen molar-refractivity contribution in [3.8, 4) is 11.5 Å². The van der Waals surface area contributed by atoms with Gasteiger partial charge in [-0.15, -0.1) is 0 Å². The molecule has 6 heteroatoms. The largest absolute Gasteiger partial charge is 0.490 e. The number of ether oxygens (including phenoxy) is 2. The lowest BCUT2D eigenvalue weighted by molar-refractivity contribution is -0.118. The summed E-state index contributed by atoms with van der Waals surface area (Å²) in [6, 6.07) is 8.78. The van der Waals surface area contributed by atoms with Gasteiger partial charge < -0.3 is 14.8 Å². The molecule has 0 saturated heterocycles. The SMILES string of the molecule is CCOc1cc(CNC23CC4CC(C)(CC(C)(C4)C2)C3)cc(Br)c1OCc1c(F)cccc1Cl. The Morgan fingerprint density at radius 2 is 1.82 bits per heavy atom.